The smallest absolute Gasteiger partial charge is 0.316 e. The molecule has 2 heterocycles. The van der Waals surface area contributed by atoms with E-state index in [2.05, 4.69) is 50.9 Å². The van der Waals surface area contributed by atoms with Gasteiger partial charge in [-0.1, -0.05) is 60.5 Å². The van der Waals surface area contributed by atoms with Crippen molar-refractivity contribution in [3.8, 4) is 11.4 Å². The molecule has 2 fully saturated rings. The number of para-hydroxylation sites is 1. The van der Waals surface area contributed by atoms with Gasteiger partial charge in [0, 0.05) is 26.2 Å². The van der Waals surface area contributed by atoms with Crippen molar-refractivity contribution in [3.05, 3.63) is 82.8 Å². The zero-order chi connectivity index (χ0) is 23.3. The lowest BCUT2D eigenvalue weighted by Gasteiger charge is -2.36. The summed E-state index contributed by atoms with van der Waals surface area (Å²) in [5.74, 6) is 1.01. The second-order valence-electron chi connectivity index (χ2n) is 9.01. The van der Waals surface area contributed by atoms with Crippen molar-refractivity contribution < 1.29 is 4.74 Å². The van der Waals surface area contributed by atoms with Gasteiger partial charge < -0.3 is 9.64 Å². The zero-order valence-electron chi connectivity index (χ0n) is 19.7. The Morgan fingerprint density at radius 3 is 2.18 bits per heavy atom. The number of hydrogen-bond donors (Lipinski definition) is 0. The number of piperazine rings is 1. The molecule has 0 N–H and O–H groups in total. The third-order valence-corrected chi connectivity index (χ3v) is 7.86. The maximum absolute atomic E-state index is 13.6. The fourth-order valence-corrected chi connectivity index (χ4v) is 5.56. The van der Waals surface area contributed by atoms with E-state index in [1.807, 2.05) is 36.5 Å². The van der Waals surface area contributed by atoms with Crippen LogP contribution < -0.4 is 15.2 Å². The van der Waals surface area contributed by atoms with Crippen molar-refractivity contribution in [2.45, 2.75) is 37.7 Å². The molecule has 3 aromatic rings. The van der Waals surface area contributed by atoms with Gasteiger partial charge in [-0.2, -0.15) is 9.78 Å². The van der Waals surface area contributed by atoms with E-state index in [0.29, 0.717) is 11.7 Å². The van der Waals surface area contributed by atoms with E-state index in [1.165, 1.54) is 10.2 Å². The van der Waals surface area contributed by atoms with Crippen LogP contribution in [0.15, 0.2) is 71.7 Å². The predicted molar refractivity (Wildman–Crippen MR) is 139 cm³/mol. The van der Waals surface area contributed by atoms with Crippen molar-refractivity contribution in [2.24, 2.45) is 0 Å². The van der Waals surface area contributed by atoms with Crippen LogP contribution >= 0.6 is 11.9 Å². The molecule has 0 bridgehead atoms. The van der Waals surface area contributed by atoms with Crippen LogP contribution in [-0.4, -0.2) is 52.6 Å². The third kappa shape index (κ3) is 5.00. The van der Waals surface area contributed by atoms with Crippen LogP contribution in [0, 0.1) is 0 Å². The highest BCUT2D eigenvalue weighted by molar-refractivity contribution is 7.96. The van der Waals surface area contributed by atoms with E-state index in [9.17, 15) is 4.79 Å². The molecule has 34 heavy (non-hydrogen) atoms. The molecule has 2 aromatic carbocycles. The molecule has 0 amide bonds. The second kappa shape index (κ2) is 10.7. The van der Waals surface area contributed by atoms with Gasteiger partial charge in [0.25, 0.3) is 0 Å². The third-order valence-electron chi connectivity index (χ3n) is 6.98. The summed E-state index contributed by atoms with van der Waals surface area (Å²) >= 11 is 1.77. The number of ether oxygens (including phenoxy) is 1. The summed E-state index contributed by atoms with van der Waals surface area (Å²) in [6, 6.07) is 20.3. The van der Waals surface area contributed by atoms with Crippen molar-refractivity contribution in [2.75, 3.05) is 37.3 Å². The van der Waals surface area contributed by atoms with E-state index in [0.717, 1.165) is 63.2 Å². The molecular weight excluding hydrogens is 444 g/mol. The van der Waals surface area contributed by atoms with Gasteiger partial charge in [0.2, 0.25) is 5.75 Å². The molecule has 2 aliphatic rings. The molecule has 0 unspecified atom stereocenters. The highest BCUT2D eigenvalue weighted by atomic mass is 32.2. The fourth-order valence-electron chi connectivity index (χ4n) is 5.04. The van der Waals surface area contributed by atoms with Crippen LogP contribution in [0.4, 0.5) is 5.69 Å². The van der Waals surface area contributed by atoms with Gasteiger partial charge in [-0.05, 0) is 55.6 Å². The summed E-state index contributed by atoms with van der Waals surface area (Å²) in [7, 11) is 0. The molecule has 1 aliphatic heterocycles. The number of aromatic nitrogens is 2. The SMILES string of the molecule is CSN1CCN(c2cnn(-c3ccccc3)c(=O)c2OC2CCC(c3ccccc3)CC2)CC1. The minimum Gasteiger partial charge on any atom is -0.483 e. The Hall–Kier alpha value is -2.77. The molecule has 0 atom stereocenters. The van der Waals surface area contributed by atoms with E-state index in [4.69, 9.17) is 4.74 Å². The number of rotatable bonds is 6. The van der Waals surface area contributed by atoms with Gasteiger partial charge in [0.1, 0.15) is 5.69 Å². The molecule has 178 valence electrons. The topological polar surface area (TPSA) is 50.6 Å². The van der Waals surface area contributed by atoms with Crippen LogP contribution in [0.3, 0.4) is 0 Å². The molecule has 6 nitrogen and oxygen atoms in total. The molecule has 1 saturated carbocycles. The summed E-state index contributed by atoms with van der Waals surface area (Å²) in [6.07, 6.45) is 8.03. The quantitative estimate of drug-likeness (QED) is 0.479. The van der Waals surface area contributed by atoms with Gasteiger partial charge in [-0.15, -0.1) is 0 Å². The Morgan fingerprint density at radius 1 is 0.882 bits per heavy atom. The first-order chi connectivity index (χ1) is 16.7. The van der Waals surface area contributed by atoms with Gasteiger partial charge in [0.15, 0.2) is 0 Å². The summed E-state index contributed by atoms with van der Waals surface area (Å²) in [6.45, 7) is 3.61. The minimum absolute atomic E-state index is 0.0468. The normalized spacial score (nSPS) is 21.4. The number of anilines is 1. The van der Waals surface area contributed by atoms with Gasteiger partial charge in [0.05, 0.1) is 18.0 Å². The molecule has 1 aromatic heterocycles. The number of hydrogen-bond acceptors (Lipinski definition) is 6. The first-order valence-electron chi connectivity index (χ1n) is 12.2. The molecule has 1 saturated heterocycles. The Morgan fingerprint density at radius 2 is 1.53 bits per heavy atom. The van der Waals surface area contributed by atoms with Crippen LogP contribution in [0.1, 0.15) is 37.2 Å². The van der Waals surface area contributed by atoms with Crippen LogP contribution in [0.2, 0.25) is 0 Å². The molecule has 1 aliphatic carbocycles. The number of benzene rings is 2. The first kappa shape index (κ1) is 23.0. The Kier molecular flexibility index (Phi) is 7.21. The maximum atomic E-state index is 13.6. The number of nitrogens with zero attached hydrogens (tertiary/aromatic N) is 4. The lowest BCUT2D eigenvalue weighted by Crippen LogP contribution is -2.44. The lowest BCUT2D eigenvalue weighted by molar-refractivity contribution is 0.144. The Balaban J connectivity index is 1.39. The largest absolute Gasteiger partial charge is 0.483 e. The van der Waals surface area contributed by atoms with Gasteiger partial charge in [-0.3, -0.25) is 4.79 Å². The lowest BCUT2D eigenvalue weighted by atomic mass is 9.83. The molecule has 0 radical (unpaired) electrons. The Bertz CT molecular complexity index is 1120. The van der Waals surface area contributed by atoms with Crippen LogP contribution in [-0.2, 0) is 0 Å². The fraction of sp³-hybridized carbons (Fsp3) is 0.407. The average Bonchev–Trinajstić information content (AvgIpc) is 2.91. The summed E-state index contributed by atoms with van der Waals surface area (Å²) in [5, 5.41) is 4.53. The maximum Gasteiger partial charge on any atom is 0.316 e. The molecule has 0 spiro atoms. The second-order valence-corrected chi connectivity index (χ2v) is 9.89. The van der Waals surface area contributed by atoms with E-state index >= 15 is 0 Å². The van der Waals surface area contributed by atoms with E-state index in [1.54, 1.807) is 11.9 Å². The zero-order valence-corrected chi connectivity index (χ0v) is 20.5. The highest BCUT2D eigenvalue weighted by Crippen LogP contribution is 2.36. The average molecular weight is 477 g/mol. The van der Waals surface area contributed by atoms with E-state index < -0.39 is 0 Å². The van der Waals surface area contributed by atoms with Crippen molar-refractivity contribution in [3.63, 3.8) is 0 Å². The predicted octanol–water partition coefficient (Wildman–Crippen LogP) is 4.74. The summed E-state index contributed by atoms with van der Waals surface area (Å²) in [5.41, 5.74) is 2.80. The highest BCUT2D eigenvalue weighted by Gasteiger charge is 2.28. The molecule has 5 rings (SSSR count). The van der Waals surface area contributed by atoms with Crippen LogP contribution in [0.25, 0.3) is 5.69 Å². The Labute approximate surface area is 205 Å². The monoisotopic (exact) mass is 476 g/mol. The standard InChI is InChI=1S/C27H32N4O2S/c1-34-30-18-16-29(17-19-30)25-20-28-31(23-10-6-3-7-11-23)27(32)26(25)33-24-14-12-22(13-15-24)21-8-4-2-5-9-21/h2-11,20,22,24H,12-19H2,1H3. The van der Waals surface area contributed by atoms with Gasteiger partial charge >= 0.3 is 5.56 Å². The summed E-state index contributed by atoms with van der Waals surface area (Å²) < 4.78 is 10.3. The summed E-state index contributed by atoms with van der Waals surface area (Å²) in [4.78, 5) is 15.9. The van der Waals surface area contributed by atoms with Crippen molar-refractivity contribution >= 4 is 17.6 Å². The molecular formula is C27H32N4O2S. The van der Waals surface area contributed by atoms with Crippen LogP contribution in [0.5, 0.6) is 5.75 Å². The van der Waals surface area contributed by atoms with Crippen molar-refractivity contribution in [1.29, 1.82) is 0 Å². The first-order valence-corrected chi connectivity index (χ1v) is 13.3. The minimum atomic E-state index is -0.179. The molecule has 7 heteroatoms. The van der Waals surface area contributed by atoms with Gasteiger partial charge in [-0.25, -0.2) is 4.31 Å². The van der Waals surface area contributed by atoms with Crippen molar-refractivity contribution in [1.82, 2.24) is 14.1 Å². The van der Waals surface area contributed by atoms with E-state index in [-0.39, 0.29) is 11.7 Å².